The number of benzene rings is 3. The van der Waals surface area contributed by atoms with Gasteiger partial charge in [0.25, 0.3) is 5.91 Å². The van der Waals surface area contributed by atoms with Gasteiger partial charge in [0.2, 0.25) is 21.8 Å². The summed E-state index contributed by atoms with van der Waals surface area (Å²) in [5.41, 5.74) is 5.59. The first-order valence-corrected chi connectivity index (χ1v) is 14.5. The molecule has 8 nitrogen and oxygen atoms in total. The molecule has 1 aliphatic heterocycles. The van der Waals surface area contributed by atoms with E-state index < -0.39 is 27.9 Å². The first-order chi connectivity index (χ1) is 18.6. The van der Waals surface area contributed by atoms with E-state index in [1.807, 2.05) is 44.2 Å². The maximum atomic E-state index is 14.1. The number of para-hydroxylation sites is 2. The standard InChI is InChI=1S/C30H29N3O5S/c1-17-15-18(2)20(4)28(19(17)3)39(36,37)33(23-13-14-23)25-16-27(34)32(30(25)35)22-11-9-21(10-12-22)29-31-24-7-5-6-8-26(24)38-29/h5-12,15,23,25H,13-14,16H2,1-4H3. The van der Waals surface area contributed by atoms with Crippen molar-refractivity contribution >= 4 is 38.6 Å². The number of imide groups is 1. The van der Waals surface area contributed by atoms with Gasteiger partial charge in [0.15, 0.2) is 5.58 Å². The molecule has 0 N–H and O–H groups in total. The summed E-state index contributed by atoms with van der Waals surface area (Å²) in [4.78, 5) is 32.7. The van der Waals surface area contributed by atoms with Crippen LogP contribution in [0.4, 0.5) is 5.69 Å². The number of carbonyl (C=O) groups is 2. The highest BCUT2D eigenvalue weighted by Gasteiger charge is 2.52. The zero-order valence-electron chi connectivity index (χ0n) is 22.3. The highest BCUT2D eigenvalue weighted by atomic mass is 32.2. The molecule has 1 aliphatic carbocycles. The largest absolute Gasteiger partial charge is 0.436 e. The molecule has 2 fully saturated rings. The third kappa shape index (κ3) is 4.17. The Morgan fingerprint density at radius 1 is 0.923 bits per heavy atom. The lowest BCUT2D eigenvalue weighted by Gasteiger charge is -2.29. The summed E-state index contributed by atoms with van der Waals surface area (Å²) in [6.07, 6.45) is 1.14. The zero-order valence-corrected chi connectivity index (χ0v) is 23.1. The molecule has 0 bridgehead atoms. The van der Waals surface area contributed by atoms with E-state index in [2.05, 4.69) is 4.98 Å². The second-order valence-corrected chi connectivity index (χ2v) is 12.3. The van der Waals surface area contributed by atoms with Gasteiger partial charge in [-0.3, -0.25) is 9.59 Å². The van der Waals surface area contributed by atoms with Crippen LogP contribution in [-0.2, 0) is 19.6 Å². The van der Waals surface area contributed by atoms with Crippen molar-refractivity contribution < 1.29 is 22.4 Å². The number of rotatable bonds is 6. The third-order valence-corrected chi connectivity index (χ3v) is 10.1. The van der Waals surface area contributed by atoms with Crippen molar-refractivity contribution in [3.05, 3.63) is 76.9 Å². The van der Waals surface area contributed by atoms with Gasteiger partial charge in [-0.25, -0.2) is 18.3 Å². The van der Waals surface area contributed by atoms with Crippen LogP contribution in [0.15, 0.2) is 63.9 Å². The average molecular weight is 544 g/mol. The van der Waals surface area contributed by atoms with Crippen molar-refractivity contribution in [2.45, 2.75) is 63.9 Å². The molecular formula is C30H29N3O5S. The molecule has 0 spiro atoms. The highest BCUT2D eigenvalue weighted by Crippen LogP contribution is 2.40. The number of aryl methyl sites for hydroxylation is 2. The van der Waals surface area contributed by atoms with Gasteiger partial charge >= 0.3 is 0 Å². The lowest BCUT2D eigenvalue weighted by Crippen LogP contribution is -2.47. The fraction of sp³-hybridized carbons (Fsp3) is 0.300. The summed E-state index contributed by atoms with van der Waals surface area (Å²) in [5, 5.41) is 0. The summed E-state index contributed by atoms with van der Waals surface area (Å²) in [6.45, 7) is 7.37. The number of nitrogens with zero attached hydrogens (tertiary/aromatic N) is 3. The maximum Gasteiger partial charge on any atom is 0.252 e. The van der Waals surface area contributed by atoms with Gasteiger partial charge in [-0.05, 0) is 99.2 Å². The van der Waals surface area contributed by atoms with Crippen molar-refractivity contribution in [2.75, 3.05) is 4.90 Å². The van der Waals surface area contributed by atoms with Crippen molar-refractivity contribution in [3.63, 3.8) is 0 Å². The van der Waals surface area contributed by atoms with Crippen molar-refractivity contribution in [2.24, 2.45) is 0 Å². The first kappa shape index (κ1) is 25.5. The molecule has 1 atom stereocenters. The van der Waals surface area contributed by atoms with Crippen LogP contribution in [0.3, 0.4) is 0 Å². The van der Waals surface area contributed by atoms with Crippen LogP contribution >= 0.6 is 0 Å². The smallest absolute Gasteiger partial charge is 0.252 e. The minimum Gasteiger partial charge on any atom is -0.436 e. The molecule has 6 rings (SSSR count). The quantitative estimate of drug-likeness (QED) is 0.309. The van der Waals surface area contributed by atoms with E-state index in [1.165, 1.54) is 4.31 Å². The van der Waals surface area contributed by atoms with Crippen molar-refractivity contribution in [3.8, 4) is 11.5 Å². The Kier molecular flexibility index (Phi) is 5.96. The van der Waals surface area contributed by atoms with E-state index in [0.29, 0.717) is 46.7 Å². The Morgan fingerprint density at radius 2 is 1.56 bits per heavy atom. The second-order valence-electron chi connectivity index (χ2n) is 10.5. The lowest BCUT2D eigenvalue weighted by atomic mass is 10.0. The first-order valence-electron chi connectivity index (χ1n) is 13.0. The van der Waals surface area contributed by atoms with E-state index >= 15 is 0 Å². The summed E-state index contributed by atoms with van der Waals surface area (Å²) in [6, 6.07) is 14.9. The van der Waals surface area contributed by atoms with E-state index in [4.69, 9.17) is 4.42 Å². The molecule has 0 radical (unpaired) electrons. The van der Waals surface area contributed by atoms with Gasteiger partial charge in [-0.15, -0.1) is 0 Å². The third-order valence-electron chi connectivity index (χ3n) is 7.84. The fourth-order valence-electron chi connectivity index (χ4n) is 5.46. The van der Waals surface area contributed by atoms with Crippen LogP contribution in [0.1, 0.15) is 41.5 Å². The molecule has 2 heterocycles. The van der Waals surface area contributed by atoms with E-state index in [0.717, 1.165) is 21.5 Å². The Balaban J connectivity index is 1.33. The van der Waals surface area contributed by atoms with E-state index in [1.54, 1.807) is 38.1 Å². The van der Waals surface area contributed by atoms with Crippen molar-refractivity contribution in [1.29, 1.82) is 0 Å². The monoisotopic (exact) mass is 543 g/mol. The van der Waals surface area contributed by atoms with Gasteiger partial charge in [0.05, 0.1) is 17.0 Å². The second kappa shape index (κ2) is 9.14. The zero-order chi connectivity index (χ0) is 27.6. The predicted molar refractivity (Wildman–Crippen MR) is 148 cm³/mol. The fourth-order valence-corrected chi connectivity index (χ4v) is 7.86. The average Bonchev–Trinajstić information content (AvgIpc) is 3.55. The van der Waals surface area contributed by atoms with Gasteiger partial charge in [0, 0.05) is 11.6 Å². The Labute approximate surface area is 227 Å². The number of carbonyl (C=O) groups excluding carboxylic acids is 2. The van der Waals surface area contributed by atoms with E-state index in [9.17, 15) is 18.0 Å². The molecule has 4 aromatic rings. The lowest BCUT2D eigenvalue weighted by molar-refractivity contribution is -0.122. The molecule has 1 unspecified atom stereocenters. The normalized spacial score (nSPS) is 18.1. The number of aromatic nitrogens is 1. The van der Waals surface area contributed by atoms with Crippen LogP contribution in [-0.4, -0.2) is 41.6 Å². The number of anilines is 1. The topological polar surface area (TPSA) is 101 Å². The molecule has 9 heteroatoms. The highest BCUT2D eigenvalue weighted by molar-refractivity contribution is 7.89. The Morgan fingerprint density at radius 3 is 2.18 bits per heavy atom. The van der Waals surface area contributed by atoms with Crippen molar-refractivity contribution in [1.82, 2.24) is 9.29 Å². The summed E-state index contributed by atoms with van der Waals surface area (Å²) in [5.74, 6) is -0.510. The number of oxazole rings is 1. The number of fused-ring (bicyclic) bond motifs is 1. The molecule has 200 valence electrons. The number of amides is 2. The van der Waals surface area contributed by atoms with Gasteiger partial charge in [-0.2, -0.15) is 4.31 Å². The number of sulfonamides is 1. The summed E-state index contributed by atoms with van der Waals surface area (Å²) >= 11 is 0. The van der Waals surface area contributed by atoms with Gasteiger partial charge in [-0.1, -0.05) is 18.2 Å². The molecule has 1 saturated heterocycles. The van der Waals surface area contributed by atoms with Crippen LogP contribution in [0.25, 0.3) is 22.6 Å². The molecule has 3 aromatic carbocycles. The molecule has 2 amide bonds. The Bertz CT molecular complexity index is 1690. The molecule has 1 saturated carbocycles. The summed E-state index contributed by atoms with van der Waals surface area (Å²) in [7, 11) is -4.03. The minimum atomic E-state index is -4.03. The van der Waals surface area contributed by atoms with Gasteiger partial charge < -0.3 is 4.42 Å². The van der Waals surface area contributed by atoms with Gasteiger partial charge in [0.1, 0.15) is 11.6 Å². The van der Waals surface area contributed by atoms with Crippen LogP contribution in [0, 0.1) is 27.7 Å². The van der Waals surface area contributed by atoms with Crippen LogP contribution in [0.2, 0.25) is 0 Å². The number of hydrogen-bond acceptors (Lipinski definition) is 6. The molecule has 2 aliphatic rings. The maximum absolute atomic E-state index is 14.1. The Hall–Kier alpha value is -3.82. The van der Waals surface area contributed by atoms with Crippen LogP contribution < -0.4 is 4.90 Å². The molecule has 39 heavy (non-hydrogen) atoms. The predicted octanol–water partition coefficient (Wildman–Crippen LogP) is 5.21. The molecule has 1 aromatic heterocycles. The number of hydrogen-bond donors (Lipinski definition) is 0. The SMILES string of the molecule is Cc1cc(C)c(C)c(S(=O)(=O)N(C2CC2)C2CC(=O)N(c3ccc(-c4nc5ccccc5o4)cc3)C2=O)c1C. The molecular weight excluding hydrogens is 514 g/mol. The minimum absolute atomic E-state index is 0.190. The summed E-state index contributed by atoms with van der Waals surface area (Å²) < 4.78 is 35.4. The van der Waals surface area contributed by atoms with Crippen LogP contribution in [0.5, 0.6) is 0 Å². The van der Waals surface area contributed by atoms with E-state index in [-0.39, 0.29) is 17.4 Å².